The quantitative estimate of drug-likeness (QED) is 0.718. The number of hydrogen-bond acceptors (Lipinski definition) is 5. The third-order valence-electron chi connectivity index (χ3n) is 2.70. The van der Waals surface area contributed by atoms with Crippen LogP contribution < -0.4 is 17.2 Å². The number of nitrogens with two attached hydrogens (primary N) is 2. The van der Waals surface area contributed by atoms with E-state index in [0.29, 0.717) is 22.3 Å². The van der Waals surface area contributed by atoms with Gasteiger partial charge in [-0.1, -0.05) is 18.5 Å². The number of primary amides is 1. The molecule has 5 N–H and O–H groups in total. The molecule has 2 rings (SSSR count). The molecule has 0 unspecified atom stereocenters. The van der Waals surface area contributed by atoms with Crippen molar-refractivity contribution in [2.75, 3.05) is 5.73 Å². The monoisotopic (exact) mass is 327 g/mol. The molecule has 0 radical (unpaired) electrons. The molecule has 1 heterocycles. The first-order chi connectivity index (χ1) is 9.93. The second-order valence-electron chi connectivity index (χ2n) is 4.31. The molecule has 0 spiro atoms. The van der Waals surface area contributed by atoms with Crippen molar-refractivity contribution >= 4 is 35.0 Å². The molecule has 0 aliphatic heterocycles. The minimum absolute atomic E-state index is 0.198. The summed E-state index contributed by atoms with van der Waals surface area (Å²) in [7, 11) is 0. The highest BCUT2D eigenvalue weighted by molar-refractivity contribution is 7.99. The van der Waals surface area contributed by atoms with Gasteiger partial charge in [0.05, 0.1) is 10.6 Å². The van der Waals surface area contributed by atoms with Gasteiger partial charge >= 0.3 is 5.69 Å². The minimum Gasteiger partial charge on any atom is -0.399 e. The molecule has 112 valence electrons. The number of aromatic amines is 1. The van der Waals surface area contributed by atoms with Crippen molar-refractivity contribution < 1.29 is 4.79 Å². The van der Waals surface area contributed by atoms with Gasteiger partial charge in [-0.05, 0) is 30.3 Å². The van der Waals surface area contributed by atoms with Gasteiger partial charge in [-0.15, -0.1) is 5.10 Å². The number of carbonyl (C=O) groups is 1. The summed E-state index contributed by atoms with van der Waals surface area (Å²) >= 11 is 7.23. The van der Waals surface area contributed by atoms with Gasteiger partial charge in [0.2, 0.25) is 5.91 Å². The summed E-state index contributed by atoms with van der Waals surface area (Å²) in [6.45, 7) is 2.45. The molecule has 1 aromatic heterocycles. The van der Waals surface area contributed by atoms with E-state index in [4.69, 9.17) is 23.1 Å². The lowest BCUT2D eigenvalue weighted by Crippen LogP contribution is -2.17. The van der Waals surface area contributed by atoms with Crippen molar-refractivity contribution in [2.24, 2.45) is 5.73 Å². The Morgan fingerprint density at radius 3 is 2.86 bits per heavy atom. The lowest BCUT2D eigenvalue weighted by molar-refractivity contribution is 0.0997. The summed E-state index contributed by atoms with van der Waals surface area (Å²) in [6.07, 6.45) is 0.769. The molecule has 7 nitrogen and oxygen atoms in total. The number of halogens is 1. The highest BCUT2D eigenvalue weighted by Crippen LogP contribution is 2.36. The molecule has 2 aromatic rings. The molecule has 0 fully saturated rings. The molecular formula is C12H14ClN5O2S. The number of nitrogens with zero attached hydrogens (tertiary/aromatic N) is 2. The van der Waals surface area contributed by atoms with Crippen LogP contribution >= 0.6 is 23.4 Å². The van der Waals surface area contributed by atoms with Crippen LogP contribution in [0.15, 0.2) is 27.0 Å². The Kier molecular flexibility index (Phi) is 4.59. The van der Waals surface area contributed by atoms with Crippen molar-refractivity contribution in [3.05, 3.63) is 33.2 Å². The molecule has 1 aromatic carbocycles. The topological polar surface area (TPSA) is 120 Å². The fourth-order valence-electron chi connectivity index (χ4n) is 1.79. The Hall–Kier alpha value is -1.93. The summed E-state index contributed by atoms with van der Waals surface area (Å²) in [5.41, 5.74) is 11.2. The molecule has 0 aliphatic rings. The predicted molar refractivity (Wildman–Crippen MR) is 81.6 cm³/mol. The highest BCUT2D eigenvalue weighted by atomic mass is 35.5. The Balaban J connectivity index is 2.49. The summed E-state index contributed by atoms with van der Waals surface area (Å²) in [4.78, 5) is 23.6. The highest BCUT2D eigenvalue weighted by Gasteiger charge is 2.18. The average Bonchev–Trinajstić information content (AvgIpc) is 2.74. The van der Waals surface area contributed by atoms with Crippen molar-refractivity contribution in [1.29, 1.82) is 0 Å². The maximum absolute atomic E-state index is 11.7. The fourth-order valence-corrected chi connectivity index (χ4v) is 3.12. The first kappa shape index (κ1) is 15.5. The second kappa shape index (κ2) is 6.23. The number of anilines is 1. The number of H-pyrrole nitrogens is 1. The van der Waals surface area contributed by atoms with Crippen LogP contribution in [0.1, 0.15) is 23.7 Å². The smallest absolute Gasteiger partial charge is 0.343 e. The summed E-state index contributed by atoms with van der Waals surface area (Å²) in [6, 6.07) is 2.97. The molecule has 21 heavy (non-hydrogen) atoms. The van der Waals surface area contributed by atoms with Crippen LogP contribution in [0, 0.1) is 0 Å². The first-order valence-electron chi connectivity index (χ1n) is 6.16. The normalized spacial score (nSPS) is 10.8. The zero-order chi connectivity index (χ0) is 15.6. The molecule has 9 heteroatoms. The molecule has 0 saturated carbocycles. The lowest BCUT2D eigenvalue weighted by Gasteiger charge is -2.10. The van der Waals surface area contributed by atoms with E-state index in [0.717, 1.165) is 18.2 Å². The summed E-state index contributed by atoms with van der Waals surface area (Å²) in [5, 5.41) is 7.01. The third kappa shape index (κ3) is 3.22. The number of hydrogen-bond donors (Lipinski definition) is 3. The second-order valence-corrected chi connectivity index (χ2v) is 5.69. The average molecular weight is 328 g/mol. The van der Waals surface area contributed by atoms with Gasteiger partial charge in [0.15, 0.2) is 5.16 Å². The van der Waals surface area contributed by atoms with Crippen LogP contribution in [0.5, 0.6) is 0 Å². The van der Waals surface area contributed by atoms with Crippen LogP contribution in [0.3, 0.4) is 0 Å². The Morgan fingerprint density at radius 1 is 1.52 bits per heavy atom. The number of carbonyl (C=O) groups excluding carboxylic acids is 1. The van der Waals surface area contributed by atoms with Gasteiger partial charge in [-0.3, -0.25) is 9.36 Å². The predicted octanol–water partition coefficient (Wildman–Crippen LogP) is 1.47. The largest absolute Gasteiger partial charge is 0.399 e. The molecule has 1 amide bonds. The van der Waals surface area contributed by atoms with Crippen LogP contribution in [-0.4, -0.2) is 20.7 Å². The number of rotatable bonds is 5. The van der Waals surface area contributed by atoms with Gasteiger partial charge in [0.1, 0.15) is 0 Å². The van der Waals surface area contributed by atoms with Crippen molar-refractivity contribution in [3.8, 4) is 0 Å². The van der Waals surface area contributed by atoms with Gasteiger partial charge in [0.25, 0.3) is 0 Å². The van der Waals surface area contributed by atoms with Crippen molar-refractivity contribution in [3.63, 3.8) is 0 Å². The van der Waals surface area contributed by atoms with E-state index in [1.807, 2.05) is 6.92 Å². The SMILES string of the molecule is CCCn1c(Sc2c(Cl)cc(N)cc2C(N)=O)n[nH]c1=O. The molecule has 0 saturated heterocycles. The molecule has 0 aliphatic carbocycles. The lowest BCUT2D eigenvalue weighted by atomic mass is 10.2. The third-order valence-corrected chi connectivity index (χ3v) is 4.24. The number of aromatic nitrogens is 3. The summed E-state index contributed by atoms with van der Waals surface area (Å²) < 4.78 is 1.47. The van der Waals surface area contributed by atoms with Crippen LogP contribution in [0.2, 0.25) is 5.02 Å². The molecule has 0 atom stereocenters. The van der Waals surface area contributed by atoms with E-state index in [1.165, 1.54) is 16.7 Å². The van der Waals surface area contributed by atoms with Crippen LogP contribution in [0.25, 0.3) is 0 Å². The standard InChI is InChI=1S/C12H14ClN5O2S/c1-2-3-18-11(20)16-17-12(18)21-9-7(10(15)19)4-6(14)5-8(9)13/h4-5H,2-3,14H2,1H3,(H2,15,19)(H,16,20). The number of benzene rings is 1. The zero-order valence-corrected chi connectivity index (χ0v) is 12.8. The number of nitrogen functional groups attached to an aromatic ring is 1. The fraction of sp³-hybridized carbons (Fsp3) is 0.250. The number of amides is 1. The van der Waals surface area contributed by atoms with Gasteiger partial charge in [0, 0.05) is 17.1 Å². The van der Waals surface area contributed by atoms with Gasteiger partial charge < -0.3 is 11.5 Å². The van der Waals surface area contributed by atoms with E-state index < -0.39 is 5.91 Å². The van der Waals surface area contributed by atoms with E-state index in [2.05, 4.69) is 10.2 Å². The molecular weight excluding hydrogens is 314 g/mol. The first-order valence-corrected chi connectivity index (χ1v) is 7.35. The van der Waals surface area contributed by atoms with E-state index in [9.17, 15) is 9.59 Å². The Labute approximate surface area is 129 Å². The molecule has 0 bridgehead atoms. The van der Waals surface area contributed by atoms with E-state index in [1.54, 1.807) is 0 Å². The van der Waals surface area contributed by atoms with Crippen LogP contribution in [-0.2, 0) is 6.54 Å². The van der Waals surface area contributed by atoms with Crippen LogP contribution in [0.4, 0.5) is 5.69 Å². The van der Waals surface area contributed by atoms with E-state index in [-0.39, 0.29) is 16.3 Å². The Bertz CT molecular complexity index is 740. The van der Waals surface area contributed by atoms with Crippen molar-refractivity contribution in [1.82, 2.24) is 14.8 Å². The number of nitrogens with one attached hydrogen (secondary N) is 1. The van der Waals surface area contributed by atoms with E-state index >= 15 is 0 Å². The maximum Gasteiger partial charge on any atom is 0.343 e. The maximum atomic E-state index is 11.7. The van der Waals surface area contributed by atoms with Gasteiger partial charge in [-0.25, -0.2) is 9.89 Å². The van der Waals surface area contributed by atoms with Gasteiger partial charge in [-0.2, -0.15) is 0 Å². The van der Waals surface area contributed by atoms with Crippen molar-refractivity contribution in [2.45, 2.75) is 29.9 Å². The minimum atomic E-state index is -0.647. The summed E-state index contributed by atoms with van der Waals surface area (Å²) in [5.74, 6) is -0.647. The Morgan fingerprint density at radius 2 is 2.24 bits per heavy atom. The zero-order valence-electron chi connectivity index (χ0n) is 11.2.